The summed E-state index contributed by atoms with van der Waals surface area (Å²) >= 11 is 0. The molecule has 1 amide bonds. The lowest BCUT2D eigenvalue weighted by atomic mass is 9.48. The molecule has 120 valence electrons. The Labute approximate surface area is 126 Å². The van der Waals surface area contributed by atoms with E-state index in [-0.39, 0.29) is 29.4 Å². The van der Waals surface area contributed by atoms with Crippen molar-refractivity contribution in [2.24, 2.45) is 23.0 Å². The molecule has 2 saturated heterocycles. The van der Waals surface area contributed by atoms with Gasteiger partial charge in [-0.15, -0.1) is 0 Å². The summed E-state index contributed by atoms with van der Waals surface area (Å²) in [5.41, 5.74) is 5.44. The largest absolute Gasteiger partial charge is 0.378 e. The van der Waals surface area contributed by atoms with Gasteiger partial charge in [0.25, 0.3) is 0 Å². The predicted molar refractivity (Wildman–Crippen MR) is 79.7 cm³/mol. The van der Waals surface area contributed by atoms with Crippen LogP contribution < -0.4 is 11.1 Å². The number of nitrogens with two attached hydrogens (primary N) is 1. The highest BCUT2D eigenvalue weighted by atomic mass is 16.5. The number of rotatable bonds is 4. The molecular weight excluding hydrogens is 268 g/mol. The monoisotopic (exact) mass is 296 g/mol. The van der Waals surface area contributed by atoms with Gasteiger partial charge in [0.2, 0.25) is 5.91 Å². The van der Waals surface area contributed by atoms with Crippen molar-refractivity contribution in [2.45, 2.75) is 57.8 Å². The van der Waals surface area contributed by atoms with Crippen LogP contribution in [0.4, 0.5) is 0 Å². The van der Waals surface area contributed by atoms with Crippen LogP contribution in [0.2, 0.25) is 0 Å². The van der Waals surface area contributed by atoms with E-state index in [1.807, 2.05) is 13.8 Å². The summed E-state index contributed by atoms with van der Waals surface area (Å²) in [4.78, 5) is 12.7. The zero-order valence-corrected chi connectivity index (χ0v) is 13.4. The quantitative estimate of drug-likeness (QED) is 0.813. The maximum Gasteiger partial charge on any atom is 0.241 e. The summed E-state index contributed by atoms with van der Waals surface area (Å²) in [6.45, 7) is 8.42. The Kier molecular flexibility index (Phi) is 3.79. The third-order valence-electron chi connectivity index (χ3n) is 6.10. The van der Waals surface area contributed by atoms with E-state index in [1.165, 1.54) is 0 Å². The Balaban J connectivity index is 1.63. The first-order valence-electron chi connectivity index (χ1n) is 8.23. The van der Waals surface area contributed by atoms with Crippen LogP contribution >= 0.6 is 0 Å². The van der Waals surface area contributed by atoms with Gasteiger partial charge in [-0.2, -0.15) is 0 Å². The topological polar surface area (TPSA) is 73.6 Å². The van der Waals surface area contributed by atoms with E-state index in [0.29, 0.717) is 12.5 Å². The standard InChI is InChI=1S/C16H28N2O3/c1-4-12-10(5-7-20-12)9-18-14(19)16(17)11-6-8-21-13(11)15(16,2)3/h10-13H,4-9,17H2,1-3H3,(H,18,19). The van der Waals surface area contributed by atoms with Crippen molar-refractivity contribution < 1.29 is 14.3 Å². The molecule has 5 nitrogen and oxygen atoms in total. The molecule has 3 rings (SSSR count). The third-order valence-corrected chi connectivity index (χ3v) is 6.10. The highest BCUT2D eigenvalue weighted by Gasteiger charge is 2.71. The van der Waals surface area contributed by atoms with Gasteiger partial charge in [0, 0.05) is 37.0 Å². The molecule has 3 aliphatic rings. The highest BCUT2D eigenvalue weighted by Crippen LogP contribution is 2.58. The second-order valence-electron chi connectivity index (χ2n) is 7.35. The number of amides is 1. The van der Waals surface area contributed by atoms with E-state index in [0.717, 1.165) is 32.5 Å². The third kappa shape index (κ3) is 2.05. The molecule has 5 unspecified atom stereocenters. The molecule has 0 bridgehead atoms. The van der Waals surface area contributed by atoms with Gasteiger partial charge in [0.15, 0.2) is 0 Å². The summed E-state index contributed by atoms with van der Waals surface area (Å²) in [6.07, 6.45) is 3.32. The molecule has 5 heteroatoms. The first kappa shape index (κ1) is 15.3. The lowest BCUT2D eigenvalue weighted by molar-refractivity contribution is -0.175. The molecule has 1 aliphatic carbocycles. The van der Waals surface area contributed by atoms with Gasteiger partial charge in [0.05, 0.1) is 12.2 Å². The van der Waals surface area contributed by atoms with Crippen LogP contribution in [0, 0.1) is 17.3 Å². The SMILES string of the molecule is CCC1OCCC1CNC(=O)C1(N)C2CCOC2C1(C)C. The Hall–Kier alpha value is -0.650. The maximum absolute atomic E-state index is 12.7. The van der Waals surface area contributed by atoms with Gasteiger partial charge >= 0.3 is 0 Å². The summed E-state index contributed by atoms with van der Waals surface area (Å²) in [5.74, 6) is 0.566. The Morgan fingerprint density at radius 3 is 2.71 bits per heavy atom. The smallest absolute Gasteiger partial charge is 0.241 e. The second-order valence-corrected chi connectivity index (χ2v) is 7.35. The van der Waals surface area contributed by atoms with Gasteiger partial charge in [-0.3, -0.25) is 4.79 Å². The fourth-order valence-electron chi connectivity index (χ4n) is 4.59. The molecule has 1 saturated carbocycles. The van der Waals surface area contributed by atoms with Crippen molar-refractivity contribution in [3.8, 4) is 0 Å². The average molecular weight is 296 g/mol. The van der Waals surface area contributed by atoms with Gasteiger partial charge in [-0.25, -0.2) is 0 Å². The van der Waals surface area contributed by atoms with Crippen molar-refractivity contribution in [1.29, 1.82) is 0 Å². The Morgan fingerprint density at radius 1 is 1.29 bits per heavy atom. The highest BCUT2D eigenvalue weighted by molar-refractivity contribution is 5.89. The van der Waals surface area contributed by atoms with Crippen molar-refractivity contribution >= 4 is 5.91 Å². The van der Waals surface area contributed by atoms with E-state index in [9.17, 15) is 4.79 Å². The van der Waals surface area contributed by atoms with Crippen LogP contribution in [0.15, 0.2) is 0 Å². The van der Waals surface area contributed by atoms with Crippen LogP contribution in [0.5, 0.6) is 0 Å². The number of hydrogen-bond acceptors (Lipinski definition) is 4. The normalized spacial score (nSPS) is 44.2. The summed E-state index contributed by atoms with van der Waals surface area (Å²) in [6, 6.07) is 0. The molecule has 0 spiro atoms. The lowest BCUT2D eigenvalue weighted by Gasteiger charge is -2.60. The number of hydrogen-bond donors (Lipinski definition) is 2. The van der Waals surface area contributed by atoms with E-state index in [2.05, 4.69) is 12.2 Å². The zero-order valence-electron chi connectivity index (χ0n) is 13.4. The molecule has 0 aromatic rings. The van der Waals surface area contributed by atoms with Crippen LogP contribution in [-0.2, 0) is 14.3 Å². The number of fused-ring (bicyclic) bond motifs is 1. The van der Waals surface area contributed by atoms with E-state index in [4.69, 9.17) is 15.2 Å². The minimum absolute atomic E-state index is 0.0130. The number of nitrogens with one attached hydrogen (secondary N) is 1. The lowest BCUT2D eigenvalue weighted by Crippen LogP contribution is -2.80. The summed E-state index contributed by atoms with van der Waals surface area (Å²) in [5, 5.41) is 3.10. The predicted octanol–water partition coefficient (Wildman–Crippen LogP) is 1.06. The van der Waals surface area contributed by atoms with E-state index in [1.54, 1.807) is 0 Å². The zero-order chi connectivity index (χ0) is 15.3. The van der Waals surface area contributed by atoms with Crippen molar-refractivity contribution in [2.75, 3.05) is 19.8 Å². The Morgan fingerprint density at radius 2 is 2.00 bits per heavy atom. The summed E-state index contributed by atoms with van der Waals surface area (Å²) in [7, 11) is 0. The van der Waals surface area contributed by atoms with Gasteiger partial charge in [-0.1, -0.05) is 20.8 Å². The first-order valence-corrected chi connectivity index (χ1v) is 8.23. The van der Waals surface area contributed by atoms with Crippen LogP contribution in [0.3, 0.4) is 0 Å². The maximum atomic E-state index is 12.7. The molecule has 0 aromatic carbocycles. The molecule has 3 N–H and O–H groups in total. The number of carbonyl (C=O) groups excluding carboxylic acids is 1. The van der Waals surface area contributed by atoms with Crippen LogP contribution in [-0.4, -0.2) is 43.4 Å². The fourth-order valence-corrected chi connectivity index (χ4v) is 4.59. The molecule has 5 atom stereocenters. The molecule has 0 aromatic heterocycles. The number of carbonyl (C=O) groups is 1. The number of ether oxygens (including phenoxy) is 2. The minimum atomic E-state index is -0.796. The molecular formula is C16H28N2O3. The molecule has 2 heterocycles. The molecule has 3 fully saturated rings. The van der Waals surface area contributed by atoms with Crippen molar-refractivity contribution in [3.63, 3.8) is 0 Å². The molecule has 0 radical (unpaired) electrons. The van der Waals surface area contributed by atoms with Crippen molar-refractivity contribution in [3.05, 3.63) is 0 Å². The van der Waals surface area contributed by atoms with E-state index >= 15 is 0 Å². The average Bonchev–Trinajstić information content (AvgIpc) is 3.11. The van der Waals surface area contributed by atoms with Gasteiger partial charge < -0.3 is 20.5 Å². The van der Waals surface area contributed by atoms with Gasteiger partial charge in [0.1, 0.15) is 5.54 Å². The van der Waals surface area contributed by atoms with E-state index < -0.39 is 5.54 Å². The first-order chi connectivity index (χ1) is 9.92. The fraction of sp³-hybridized carbons (Fsp3) is 0.938. The minimum Gasteiger partial charge on any atom is -0.378 e. The Bertz CT molecular complexity index is 426. The molecule has 2 aliphatic heterocycles. The van der Waals surface area contributed by atoms with Crippen LogP contribution in [0.1, 0.15) is 40.0 Å². The van der Waals surface area contributed by atoms with Gasteiger partial charge in [-0.05, 0) is 19.3 Å². The van der Waals surface area contributed by atoms with Crippen molar-refractivity contribution in [1.82, 2.24) is 5.32 Å². The molecule has 21 heavy (non-hydrogen) atoms. The second kappa shape index (κ2) is 5.21. The van der Waals surface area contributed by atoms with Crippen LogP contribution in [0.25, 0.3) is 0 Å². The summed E-state index contributed by atoms with van der Waals surface area (Å²) < 4.78 is 11.4.